The Morgan fingerprint density at radius 3 is 3.00 bits per heavy atom. The van der Waals surface area contributed by atoms with Crippen LogP contribution in [-0.2, 0) is 17.6 Å². The highest BCUT2D eigenvalue weighted by molar-refractivity contribution is 5.90. The van der Waals surface area contributed by atoms with Crippen LogP contribution in [0.15, 0.2) is 18.2 Å². The molecule has 0 saturated carbocycles. The van der Waals surface area contributed by atoms with Crippen molar-refractivity contribution in [3.05, 3.63) is 29.3 Å². The van der Waals surface area contributed by atoms with Gasteiger partial charge in [0.05, 0.1) is 0 Å². The number of hydrogen-bond donors (Lipinski definition) is 2. The van der Waals surface area contributed by atoms with Crippen molar-refractivity contribution < 1.29 is 9.53 Å². The molecule has 0 fully saturated rings. The van der Waals surface area contributed by atoms with Crippen LogP contribution in [0.25, 0.3) is 0 Å². The number of methoxy groups -OCH3 is 1. The molecule has 2 amide bonds. The molecule has 1 aromatic carbocycles. The van der Waals surface area contributed by atoms with E-state index in [1.165, 1.54) is 24.0 Å². The van der Waals surface area contributed by atoms with E-state index in [9.17, 15) is 4.79 Å². The molecule has 1 aliphatic carbocycles. The van der Waals surface area contributed by atoms with Gasteiger partial charge in [-0.25, -0.2) is 4.79 Å². The number of ether oxygens (including phenoxy) is 1. The normalized spacial score (nSPS) is 13.7. The molecule has 0 radical (unpaired) electrons. The van der Waals surface area contributed by atoms with E-state index >= 15 is 0 Å². The van der Waals surface area contributed by atoms with Gasteiger partial charge in [-0.3, -0.25) is 0 Å². The number of benzene rings is 1. The second-order valence-corrected chi connectivity index (χ2v) is 4.88. The standard InChI is InChI=1S/C15H22N2O2/c1-19-11-5-10-16-15(18)17-14-9-4-7-12-6-2-3-8-13(12)14/h4,7,9H,2-3,5-6,8,10-11H2,1H3,(H2,16,17,18). The van der Waals surface area contributed by atoms with Crippen LogP contribution in [0.2, 0.25) is 0 Å². The molecular formula is C15H22N2O2. The zero-order chi connectivity index (χ0) is 13.5. The second-order valence-electron chi connectivity index (χ2n) is 4.88. The Bertz CT molecular complexity index is 432. The van der Waals surface area contributed by atoms with Crippen LogP contribution in [0, 0.1) is 0 Å². The van der Waals surface area contributed by atoms with E-state index in [1.54, 1.807) is 7.11 Å². The Hall–Kier alpha value is -1.55. The molecule has 0 unspecified atom stereocenters. The van der Waals surface area contributed by atoms with Crippen molar-refractivity contribution in [2.45, 2.75) is 32.1 Å². The van der Waals surface area contributed by atoms with Crippen molar-refractivity contribution in [2.75, 3.05) is 25.6 Å². The maximum atomic E-state index is 11.8. The molecule has 1 aliphatic rings. The topological polar surface area (TPSA) is 50.4 Å². The molecule has 1 aromatic rings. The lowest BCUT2D eigenvalue weighted by molar-refractivity contribution is 0.194. The zero-order valence-electron chi connectivity index (χ0n) is 11.5. The predicted molar refractivity (Wildman–Crippen MR) is 76.6 cm³/mol. The summed E-state index contributed by atoms with van der Waals surface area (Å²) >= 11 is 0. The lowest BCUT2D eigenvalue weighted by atomic mass is 9.90. The molecule has 0 aliphatic heterocycles. The minimum Gasteiger partial charge on any atom is -0.385 e. The predicted octanol–water partition coefficient (Wildman–Crippen LogP) is 2.72. The molecule has 4 nitrogen and oxygen atoms in total. The van der Waals surface area contributed by atoms with Crippen LogP contribution in [0.5, 0.6) is 0 Å². The van der Waals surface area contributed by atoms with Gasteiger partial charge in [0, 0.05) is 25.9 Å². The number of fused-ring (bicyclic) bond motifs is 1. The first kappa shape index (κ1) is 13.9. The quantitative estimate of drug-likeness (QED) is 0.802. The monoisotopic (exact) mass is 262 g/mol. The molecule has 19 heavy (non-hydrogen) atoms. The fraction of sp³-hybridized carbons (Fsp3) is 0.533. The van der Waals surface area contributed by atoms with Gasteiger partial charge < -0.3 is 15.4 Å². The van der Waals surface area contributed by atoms with Gasteiger partial charge in [-0.05, 0) is 49.3 Å². The van der Waals surface area contributed by atoms with Gasteiger partial charge in [0.1, 0.15) is 0 Å². The maximum absolute atomic E-state index is 11.8. The summed E-state index contributed by atoms with van der Waals surface area (Å²) in [4.78, 5) is 11.8. The highest BCUT2D eigenvalue weighted by atomic mass is 16.5. The lowest BCUT2D eigenvalue weighted by Crippen LogP contribution is -2.30. The van der Waals surface area contributed by atoms with Gasteiger partial charge in [0.15, 0.2) is 0 Å². The number of hydrogen-bond acceptors (Lipinski definition) is 2. The van der Waals surface area contributed by atoms with Crippen LogP contribution < -0.4 is 10.6 Å². The summed E-state index contributed by atoms with van der Waals surface area (Å²) < 4.78 is 4.94. The number of nitrogens with one attached hydrogen (secondary N) is 2. The van der Waals surface area contributed by atoms with E-state index in [0.29, 0.717) is 13.2 Å². The Labute approximate surface area is 114 Å². The molecule has 4 heteroatoms. The van der Waals surface area contributed by atoms with Crippen LogP contribution in [0.1, 0.15) is 30.4 Å². The van der Waals surface area contributed by atoms with Crippen molar-refractivity contribution in [1.82, 2.24) is 5.32 Å². The summed E-state index contributed by atoms with van der Waals surface area (Å²) in [5, 5.41) is 5.80. The molecule has 0 atom stereocenters. The fourth-order valence-corrected chi connectivity index (χ4v) is 2.48. The number of carbonyl (C=O) groups excluding carboxylic acids is 1. The molecule has 0 heterocycles. The van der Waals surface area contributed by atoms with Gasteiger partial charge in [-0.15, -0.1) is 0 Å². The minimum absolute atomic E-state index is 0.130. The second kappa shape index (κ2) is 7.14. The van der Waals surface area contributed by atoms with Gasteiger partial charge in [-0.2, -0.15) is 0 Å². The van der Waals surface area contributed by atoms with Crippen molar-refractivity contribution in [2.24, 2.45) is 0 Å². The van der Waals surface area contributed by atoms with E-state index in [1.807, 2.05) is 12.1 Å². The Morgan fingerprint density at radius 1 is 1.32 bits per heavy atom. The third-order valence-corrected chi connectivity index (χ3v) is 3.45. The summed E-state index contributed by atoms with van der Waals surface area (Å²) in [6.07, 6.45) is 5.48. The van der Waals surface area contributed by atoms with E-state index in [-0.39, 0.29) is 6.03 Å². The number of anilines is 1. The molecule has 0 saturated heterocycles. The average molecular weight is 262 g/mol. The van der Waals surface area contributed by atoms with E-state index < -0.39 is 0 Å². The molecule has 0 spiro atoms. The lowest BCUT2D eigenvalue weighted by Gasteiger charge is -2.19. The van der Waals surface area contributed by atoms with E-state index in [0.717, 1.165) is 24.9 Å². The highest BCUT2D eigenvalue weighted by Crippen LogP contribution is 2.27. The maximum Gasteiger partial charge on any atom is 0.319 e. The number of amides is 2. The largest absolute Gasteiger partial charge is 0.385 e. The Morgan fingerprint density at radius 2 is 2.16 bits per heavy atom. The van der Waals surface area contributed by atoms with Gasteiger partial charge in [0.25, 0.3) is 0 Å². The number of rotatable bonds is 5. The first-order valence-corrected chi connectivity index (χ1v) is 6.96. The minimum atomic E-state index is -0.130. The van der Waals surface area contributed by atoms with Crippen molar-refractivity contribution in [3.8, 4) is 0 Å². The number of carbonyl (C=O) groups is 1. The molecule has 0 bridgehead atoms. The number of aryl methyl sites for hydroxylation is 1. The fourth-order valence-electron chi connectivity index (χ4n) is 2.48. The molecular weight excluding hydrogens is 240 g/mol. The first-order chi connectivity index (χ1) is 9.31. The summed E-state index contributed by atoms with van der Waals surface area (Å²) in [7, 11) is 1.66. The molecule has 0 aromatic heterocycles. The zero-order valence-corrected chi connectivity index (χ0v) is 11.5. The third kappa shape index (κ3) is 3.96. The summed E-state index contributed by atoms with van der Waals surface area (Å²) in [5.74, 6) is 0. The molecule has 2 N–H and O–H groups in total. The van der Waals surface area contributed by atoms with Crippen molar-refractivity contribution in [1.29, 1.82) is 0 Å². The SMILES string of the molecule is COCCCNC(=O)Nc1cccc2c1CCCC2. The van der Waals surface area contributed by atoms with E-state index in [4.69, 9.17) is 4.74 Å². The molecule has 104 valence electrons. The van der Waals surface area contributed by atoms with Crippen molar-refractivity contribution >= 4 is 11.7 Å². The Balaban J connectivity index is 1.90. The van der Waals surface area contributed by atoms with E-state index in [2.05, 4.69) is 16.7 Å². The van der Waals surface area contributed by atoms with Crippen LogP contribution in [-0.4, -0.2) is 26.3 Å². The van der Waals surface area contributed by atoms with Crippen molar-refractivity contribution in [3.63, 3.8) is 0 Å². The highest BCUT2D eigenvalue weighted by Gasteiger charge is 2.13. The van der Waals surface area contributed by atoms with Crippen LogP contribution in [0.3, 0.4) is 0 Å². The average Bonchev–Trinajstić information content (AvgIpc) is 2.44. The van der Waals surface area contributed by atoms with Crippen LogP contribution in [0.4, 0.5) is 10.5 Å². The smallest absolute Gasteiger partial charge is 0.319 e. The third-order valence-electron chi connectivity index (χ3n) is 3.45. The van der Waals surface area contributed by atoms with Crippen LogP contribution >= 0.6 is 0 Å². The van der Waals surface area contributed by atoms with Gasteiger partial charge in [-0.1, -0.05) is 12.1 Å². The summed E-state index contributed by atoms with van der Waals surface area (Å²) in [6.45, 7) is 1.30. The van der Waals surface area contributed by atoms with Gasteiger partial charge >= 0.3 is 6.03 Å². The summed E-state index contributed by atoms with van der Waals surface area (Å²) in [6, 6.07) is 6.04. The summed E-state index contributed by atoms with van der Waals surface area (Å²) in [5.41, 5.74) is 3.64. The Kier molecular flexibility index (Phi) is 5.21. The van der Waals surface area contributed by atoms with Gasteiger partial charge in [0.2, 0.25) is 0 Å². The number of urea groups is 1. The molecule has 2 rings (SSSR count). The first-order valence-electron chi connectivity index (χ1n) is 6.96.